The summed E-state index contributed by atoms with van der Waals surface area (Å²) >= 11 is 6.16. The fourth-order valence-electron chi connectivity index (χ4n) is 3.11. The number of aromatic amines is 1. The molecule has 6 heteroatoms. The minimum absolute atomic E-state index is 0.218. The normalized spacial score (nSPS) is 16.1. The summed E-state index contributed by atoms with van der Waals surface area (Å²) < 4.78 is 5.61. The van der Waals surface area contributed by atoms with Gasteiger partial charge in [0.25, 0.3) is 11.5 Å². The van der Waals surface area contributed by atoms with E-state index in [9.17, 15) is 9.59 Å². The number of amides is 1. The lowest BCUT2D eigenvalue weighted by Gasteiger charge is -2.27. The molecule has 2 N–H and O–H groups in total. The molecule has 4 rings (SSSR count). The predicted octanol–water partition coefficient (Wildman–Crippen LogP) is 3.44. The zero-order valence-electron chi connectivity index (χ0n) is 13.2. The van der Waals surface area contributed by atoms with E-state index < -0.39 is 0 Å². The zero-order chi connectivity index (χ0) is 17.4. The Balaban J connectivity index is 1.66. The second-order valence-corrected chi connectivity index (χ2v) is 6.33. The van der Waals surface area contributed by atoms with E-state index in [0.29, 0.717) is 29.2 Å². The maximum atomic E-state index is 12.6. The van der Waals surface area contributed by atoms with E-state index in [0.717, 1.165) is 10.9 Å². The van der Waals surface area contributed by atoms with Crippen LogP contribution in [0.15, 0.2) is 53.3 Å². The highest BCUT2D eigenvalue weighted by molar-refractivity contribution is 6.32. The number of aromatic nitrogens is 1. The maximum Gasteiger partial charge on any atom is 0.268 e. The van der Waals surface area contributed by atoms with Crippen LogP contribution in [-0.2, 0) is 0 Å². The van der Waals surface area contributed by atoms with Crippen molar-refractivity contribution in [1.82, 2.24) is 10.3 Å². The van der Waals surface area contributed by atoms with E-state index in [-0.39, 0.29) is 23.2 Å². The molecule has 0 saturated carbocycles. The Morgan fingerprint density at radius 1 is 1.20 bits per heavy atom. The molecule has 1 atom stereocenters. The van der Waals surface area contributed by atoms with Gasteiger partial charge in [0.05, 0.1) is 17.7 Å². The van der Waals surface area contributed by atoms with Gasteiger partial charge in [0.1, 0.15) is 11.4 Å². The minimum atomic E-state index is -0.333. The molecule has 2 heterocycles. The van der Waals surface area contributed by atoms with E-state index >= 15 is 0 Å². The number of nitrogens with one attached hydrogen (secondary N) is 2. The first-order chi connectivity index (χ1) is 12.1. The van der Waals surface area contributed by atoms with Crippen molar-refractivity contribution in [3.05, 3.63) is 75.2 Å². The fourth-order valence-corrected chi connectivity index (χ4v) is 3.34. The Labute approximate surface area is 148 Å². The molecule has 1 aliphatic rings. The third-order valence-corrected chi connectivity index (χ3v) is 4.63. The fraction of sp³-hybridized carbons (Fsp3) is 0.158. The molecule has 2 aromatic carbocycles. The smallest absolute Gasteiger partial charge is 0.268 e. The first-order valence-corrected chi connectivity index (χ1v) is 8.35. The van der Waals surface area contributed by atoms with E-state index in [1.807, 2.05) is 24.3 Å². The third-order valence-electron chi connectivity index (χ3n) is 4.33. The van der Waals surface area contributed by atoms with Crippen molar-refractivity contribution in [1.29, 1.82) is 0 Å². The molecule has 3 aromatic rings. The Kier molecular flexibility index (Phi) is 3.93. The molecule has 0 bridgehead atoms. The quantitative estimate of drug-likeness (QED) is 0.740. The number of fused-ring (bicyclic) bond motifs is 2. The number of pyridine rings is 1. The first kappa shape index (κ1) is 15.7. The zero-order valence-corrected chi connectivity index (χ0v) is 14.0. The van der Waals surface area contributed by atoms with Gasteiger partial charge in [-0.05, 0) is 23.6 Å². The van der Waals surface area contributed by atoms with Crippen LogP contribution in [0.5, 0.6) is 5.75 Å². The number of hydrogen-bond donors (Lipinski definition) is 2. The van der Waals surface area contributed by atoms with Crippen LogP contribution >= 0.6 is 11.6 Å². The number of rotatable bonds is 2. The van der Waals surface area contributed by atoms with Gasteiger partial charge in [0.2, 0.25) is 0 Å². The molecule has 0 aliphatic carbocycles. The number of ether oxygens (including phenoxy) is 1. The minimum Gasteiger partial charge on any atom is -0.492 e. The van der Waals surface area contributed by atoms with Crippen LogP contribution in [0, 0.1) is 0 Å². The number of carbonyl (C=O) groups is 1. The van der Waals surface area contributed by atoms with Crippen LogP contribution in [-0.4, -0.2) is 17.5 Å². The SMILES string of the molecule is O=C(NC1CCOc2c(Cl)cccc21)c1cc2ccccc2c(=O)[nH]1. The van der Waals surface area contributed by atoms with Gasteiger partial charge in [0, 0.05) is 17.4 Å². The number of hydrogen-bond acceptors (Lipinski definition) is 3. The summed E-state index contributed by atoms with van der Waals surface area (Å²) in [6, 6.07) is 14.1. The highest BCUT2D eigenvalue weighted by Gasteiger charge is 2.25. The summed E-state index contributed by atoms with van der Waals surface area (Å²) in [5.74, 6) is 0.272. The molecule has 0 saturated heterocycles. The number of para-hydroxylation sites is 1. The summed E-state index contributed by atoms with van der Waals surface area (Å²) in [4.78, 5) is 27.5. The molecule has 1 aliphatic heterocycles. The molecule has 0 fully saturated rings. The number of benzene rings is 2. The van der Waals surface area contributed by atoms with Crippen LogP contribution in [0.3, 0.4) is 0 Å². The van der Waals surface area contributed by atoms with Gasteiger partial charge < -0.3 is 15.0 Å². The lowest BCUT2D eigenvalue weighted by Crippen LogP contribution is -2.33. The van der Waals surface area contributed by atoms with Crippen molar-refractivity contribution < 1.29 is 9.53 Å². The van der Waals surface area contributed by atoms with Gasteiger partial charge in [-0.2, -0.15) is 0 Å². The standard InChI is InChI=1S/C19H15ClN2O3/c20-14-7-3-6-13-15(8-9-25-17(13)14)21-19(24)16-10-11-4-1-2-5-12(11)18(23)22-16/h1-7,10,15H,8-9H2,(H,21,24)(H,22,23). The molecule has 0 radical (unpaired) electrons. The molecule has 0 spiro atoms. The van der Waals surface area contributed by atoms with Crippen LogP contribution in [0.2, 0.25) is 5.02 Å². The predicted molar refractivity (Wildman–Crippen MR) is 96.3 cm³/mol. The van der Waals surface area contributed by atoms with Crippen molar-refractivity contribution in [2.45, 2.75) is 12.5 Å². The second kappa shape index (κ2) is 6.26. The van der Waals surface area contributed by atoms with Gasteiger partial charge in [-0.3, -0.25) is 9.59 Å². The topological polar surface area (TPSA) is 71.2 Å². The Hall–Kier alpha value is -2.79. The molecular weight excluding hydrogens is 340 g/mol. The largest absolute Gasteiger partial charge is 0.492 e. The van der Waals surface area contributed by atoms with Crippen LogP contribution in [0.4, 0.5) is 0 Å². The van der Waals surface area contributed by atoms with Gasteiger partial charge in [-0.1, -0.05) is 41.9 Å². The summed E-state index contributed by atoms with van der Waals surface area (Å²) in [5, 5.41) is 4.77. The van der Waals surface area contributed by atoms with Crippen molar-refractivity contribution in [2.24, 2.45) is 0 Å². The van der Waals surface area contributed by atoms with Gasteiger partial charge in [-0.15, -0.1) is 0 Å². The molecule has 5 nitrogen and oxygen atoms in total. The highest BCUT2D eigenvalue weighted by atomic mass is 35.5. The average Bonchev–Trinajstić information content (AvgIpc) is 2.62. The van der Waals surface area contributed by atoms with E-state index in [1.54, 1.807) is 24.3 Å². The molecule has 1 amide bonds. The molecule has 25 heavy (non-hydrogen) atoms. The van der Waals surface area contributed by atoms with E-state index in [1.165, 1.54) is 0 Å². The van der Waals surface area contributed by atoms with Gasteiger partial charge in [0.15, 0.2) is 0 Å². The van der Waals surface area contributed by atoms with E-state index in [4.69, 9.17) is 16.3 Å². The second-order valence-electron chi connectivity index (χ2n) is 5.92. The Morgan fingerprint density at radius 2 is 2.04 bits per heavy atom. The first-order valence-electron chi connectivity index (χ1n) is 7.97. The summed E-state index contributed by atoms with van der Waals surface area (Å²) in [6.45, 7) is 0.468. The van der Waals surface area contributed by atoms with Crippen molar-refractivity contribution in [3.8, 4) is 5.75 Å². The van der Waals surface area contributed by atoms with E-state index in [2.05, 4.69) is 10.3 Å². The number of carbonyl (C=O) groups excluding carboxylic acids is 1. The molecule has 126 valence electrons. The molecule has 1 unspecified atom stereocenters. The number of H-pyrrole nitrogens is 1. The van der Waals surface area contributed by atoms with Crippen molar-refractivity contribution in [2.75, 3.05) is 6.61 Å². The monoisotopic (exact) mass is 354 g/mol. The number of halogens is 1. The average molecular weight is 355 g/mol. The molecule has 1 aromatic heterocycles. The highest BCUT2D eigenvalue weighted by Crippen LogP contribution is 2.37. The van der Waals surface area contributed by atoms with Crippen LogP contribution in [0.25, 0.3) is 10.8 Å². The lowest BCUT2D eigenvalue weighted by molar-refractivity contribution is 0.0919. The lowest BCUT2D eigenvalue weighted by atomic mass is 10.0. The Bertz CT molecular complexity index is 1030. The van der Waals surface area contributed by atoms with Crippen LogP contribution < -0.4 is 15.6 Å². The summed E-state index contributed by atoms with van der Waals surface area (Å²) in [5.41, 5.74) is 0.799. The van der Waals surface area contributed by atoms with Crippen LogP contribution in [0.1, 0.15) is 28.5 Å². The van der Waals surface area contributed by atoms with Gasteiger partial charge >= 0.3 is 0 Å². The van der Waals surface area contributed by atoms with Crippen molar-refractivity contribution in [3.63, 3.8) is 0 Å². The summed E-state index contributed by atoms with van der Waals surface area (Å²) in [6.07, 6.45) is 0.636. The van der Waals surface area contributed by atoms with Crippen molar-refractivity contribution >= 4 is 28.3 Å². The Morgan fingerprint density at radius 3 is 2.92 bits per heavy atom. The summed E-state index contributed by atoms with van der Waals surface area (Å²) in [7, 11) is 0. The third kappa shape index (κ3) is 2.87. The maximum absolute atomic E-state index is 12.6. The van der Waals surface area contributed by atoms with Gasteiger partial charge in [-0.25, -0.2) is 0 Å². The molecular formula is C19H15ClN2O3.